The van der Waals surface area contributed by atoms with Gasteiger partial charge in [0.15, 0.2) is 5.13 Å². The number of benzene rings is 1. The third kappa shape index (κ3) is 4.85. The summed E-state index contributed by atoms with van der Waals surface area (Å²) in [4.78, 5) is 16.5. The summed E-state index contributed by atoms with van der Waals surface area (Å²) in [6, 6.07) is 5.55. The van der Waals surface area contributed by atoms with Crippen LogP contribution in [0, 0.1) is 0 Å². The number of aromatic nitrogens is 1. The molecule has 1 aromatic heterocycles. The Morgan fingerprint density at radius 2 is 2.15 bits per heavy atom. The number of amides is 1. The number of para-hydroxylation sites is 1. The molecule has 9 heteroatoms. The fourth-order valence-electron chi connectivity index (χ4n) is 2.32. The zero-order valence-electron chi connectivity index (χ0n) is 13.3. The smallest absolute Gasteiger partial charge is 0.405 e. The maximum atomic E-state index is 12.4. The molecule has 0 radical (unpaired) electrons. The second-order valence-electron chi connectivity index (χ2n) is 5.32. The van der Waals surface area contributed by atoms with Gasteiger partial charge < -0.3 is 15.4 Å². The molecule has 0 bridgehead atoms. The molecule has 5 nitrogen and oxygen atoms in total. The number of nitrogens with one attached hydrogen (secondary N) is 2. The second-order valence-corrected chi connectivity index (χ2v) is 6.18. The lowest BCUT2D eigenvalue weighted by Crippen LogP contribution is -2.20. The minimum Gasteiger partial charge on any atom is -0.405 e. The number of thiazole rings is 1. The number of nitrogens with zero attached hydrogens (tertiary/aromatic N) is 1. The Morgan fingerprint density at radius 3 is 2.88 bits per heavy atom. The Labute approximate surface area is 151 Å². The third-order valence-corrected chi connectivity index (χ3v) is 4.17. The Kier molecular flexibility index (Phi) is 5.27. The Morgan fingerprint density at radius 1 is 1.35 bits per heavy atom. The molecule has 26 heavy (non-hydrogen) atoms. The van der Waals surface area contributed by atoms with E-state index in [2.05, 4.69) is 20.4 Å². The van der Waals surface area contributed by atoms with Crippen LogP contribution in [-0.2, 0) is 11.2 Å². The molecule has 0 atom stereocenters. The van der Waals surface area contributed by atoms with E-state index in [1.165, 1.54) is 29.5 Å². The van der Waals surface area contributed by atoms with E-state index in [1.807, 2.05) is 18.4 Å². The number of hydrogen-bond donors (Lipinski definition) is 2. The number of carbonyl (C=O) groups is 1. The van der Waals surface area contributed by atoms with Gasteiger partial charge in [0, 0.05) is 23.1 Å². The summed E-state index contributed by atoms with van der Waals surface area (Å²) in [7, 11) is 0. The van der Waals surface area contributed by atoms with Gasteiger partial charge in [-0.3, -0.25) is 4.79 Å². The van der Waals surface area contributed by atoms with Gasteiger partial charge in [-0.05, 0) is 18.3 Å². The average molecular weight is 381 g/mol. The predicted molar refractivity (Wildman–Crippen MR) is 92.7 cm³/mol. The summed E-state index contributed by atoms with van der Waals surface area (Å²) < 4.78 is 41.3. The lowest BCUT2D eigenvalue weighted by Gasteiger charge is -2.12. The first-order valence-corrected chi connectivity index (χ1v) is 8.48. The number of alkyl halides is 3. The predicted octanol–water partition coefficient (Wildman–Crippen LogP) is 3.72. The Balaban J connectivity index is 1.66. The molecule has 2 aromatic rings. The second kappa shape index (κ2) is 7.61. The van der Waals surface area contributed by atoms with Crippen LogP contribution in [0.2, 0.25) is 0 Å². The molecule has 3 rings (SSSR count). The molecular weight excluding hydrogens is 367 g/mol. The van der Waals surface area contributed by atoms with Crippen molar-refractivity contribution in [1.29, 1.82) is 0 Å². The summed E-state index contributed by atoms with van der Waals surface area (Å²) in [5, 5.41) is 7.82. The molecule has 1 aliphatic heterocycles. The molecule has 0 spiro atoms. The van der Waals surface area contributed by atoms with Gasteiger partial charge in [-0.25, -0.2) is 4.98 Å². The fraction of sp³-hybridized carbons (Fsp3) is 0.176. The maximum absolute atomic E-state index is 12.4. The molecule has 136 valence electrons. The molecule has 0 fully saturated rings. The number of rotatable bonds is 5. The average Bonchev–Trinajstić information content (AvgIpc) is 3.04. The quantitative estimate of drug-likeness (QED) is 0.829. The van der Waals surface area contributed by atoms with Gasteiger partial charge >= 0.3 is 6.36 Å². The SMILES string of the molecule is O=C(Cc1ccccc1OC(F)(F)F)Nc1nc(C2=CCNC=C2)cs1. The summed E-state index contributed by atoms with van der Waals surface area (Å²) in [6.07, 6.45) is 0.575. The van der Waals surface area contributed by atoms with E-state index in [-0.39, 0.29) is 17.7 Å². The molecule has 1 aliphatic rings. The molecule has 0 aliphatic carbocycles. The highest BCUT2D eigenvalue weighted by atomic mass is 32.1. The lowest BCUT2D eigenvalue weighted by molar-refractivity contribution is -0.274. The summed E-state index contributed by atoms with van der Waals surface area (Å²) in [5.74, 6) is -0.862. The largest absolute Gasteiger partial charge is 0.573 e. The van der Waals surface area contributed by atoms with Crippen LogP contribution in [0.4, 0.5) is 18.3 Å². The van der Waals surface area contributed by atoms with Crippen LogP contribution in [0.15, 0.2) is 48.0 Å². The van der Waals surface area contributed by atoms with Crippen LogP contribution >= 0.6 is 11.3 Å². The summed E-state index contributed by atoms with van der Waals surface area (Å²) >= 11 is 1.25. The van der Waals surface area contributed by atoms with E-state index in [0.29, 0.717) is 11.7 Å². The minimum absolute atomic E-state index is 0.142. The van der Waals surface area contributed by atoms with Crippen LogP contribution < -0.4 is 15.4 Å². The van der Waals surface area contributed by atoms with Crippen LogP contribution in [0.25, 0.3) is 5.57 Å². The molecule has 2 N–H and O–H groups in total. The summed E-state index contributed by atoms with van der Waals surface area (Å²) in [5.41, 5.74) is 1.80. The molecule has 1 amide bonds. The highest BCUT2D eigenvalue weighted by molar-refractivity contribution is 7.14. The first kappa shape index (κ1) is 18.0. The Bertz CT molecular complexity index is 859. The van der Waals surface area contributed by atoms with E-state index >= 15 is 0 Å². The molecule has 0 saturated carbocycles. The van der Waals surface area contributed by atoms with Crippen molar-refractivity contribution < 1.29 is 22.7 Å². The maximum Gasteiger partial charge on any atom is 0.573 e. The first-order valence-electron chi connectivity index (χ1n) is 7.60. The lowest BCUT2D eigenvalue weighted by atomic mass is 10.1. The fourth-order valence-corrected chi connectivity index (χ4v) is 3.05. The van der Waals surface area contributed by atoms with E-state index in [1.54, 1.807) is 11.4 Å². The normalized spacial score (nSPS) is 13.7. The molecule has 2 heterocycles. The van der Waals surface area contributed by atoms with Crippen LogP contribution in [0.1, 0.15) is 11.3 Å². The van der Waals surface area contributed by atoms with Crippen molar-refractivity contribution in [2.75, 3.05) is 11.9 Å². The topological polar surface area (TPSA) is 63.2 Å². The zero-order chi connectivity index (χ0) is 18.6. The van der Waals surface area contributed by atoms with Crippen molar-refractivity contribution >= 4 is 27.9 Å². The van der Waals surface area contributed by atoms with E-state index < -0.39 is 12.3 Å². The van der Waals surface area contributed by atoms with Crippen molar-refractivity contribution in [3.05, 3.63) is 59.3 Å². The van der Waals surface area contributed by atoms with Crippen molar-refractivity contribution in [1.82, 2.24) is 10.3 Å². The van der Waals surface area contributed by atoms with E-state index in [0.717, 1.165) is 11.3 Å². The first-order chi connectivity index (χ1) is 12.4. The van der Waals surface area contributed by atoms with Crippen LogP contribution in [0.3, 0.4) is 0 Å². The molecule has 1 aromatic carbocycles. The van der Waals surface area contributed by atoms with Gasteiger partial charge in [-0.1, -0.05) is 24.3 Å². The van der Waals surface area contributed by atoms with E-state index in [9.17, 15) is 18.0 Å². The number of allylic oxidation sites excluding steroid dienone is 2. The van der Waals surface area contributed by atoms with Crippen molar-refractivity contribution in [2.24, 2.45) is 0 Å². The number of ether oxygens (including phenoxy) is 1. The van der Waals surface area contributed by atoms with Gasteiger partial charge in [-0.2, -0.15) is 0 Å². The van der Waals surface area contributed by atoms with Crippen molar-refractivity contribution in [2.45, 2.75) is 12.8 Å². The number of hydrogen-bond acceptors (Lipinski definition) is 5. The molecule has 0 unspecified atom stereocenters. The molecule has 0 saturated heterocycles. The van der Waals surface area contributed by atoms with Gasteiger partial charge in [0.05, 0.1) is 12.1 Å². The number of carbonyl (C=O) groups excluding carboxylic acids is 1. The van der Waals surface area contributed by atoms with Crippen LogP contribution in [-0.4, -0.2) is 23.8 Å². The molecular formula is C17H14F3N3O2S. The number of dihydropyridines is 1. The van der Waals surface area contributed by atoms with Gasteiger partial charge in [0.1, 0.15) is 5.75 Å². The van der Waals surface area contributed by atoms with E-state index in [4.69, 9.17) is 0 Å². The highest BCUT2D eigenvalue weighted by Crippen LogP contribution is 2.27. The van der Waals surface area contributed by atoms with Gasteiger partial charge in [0.2, 0.25) is 5.91 Å². The van der Waals surface area contributed by atoms with Gasteiger partial charge in [0.25, 0.3) is 0 Å². The monoisotopic (exact) mass is 381 g/mol. The highest BCUT2D eigenvalue weighted by Gasteiger charge is 2.32. The van der Waals surface area contributed by atoms with Crippen LogP contribution in [0.5, 0.6) is 5.75 Å². The number of halogens is 3. The van der Waals surface area contributed by atoms with Gasteiger partial charge in [-0.15, -0.1) is 24.5 Å². The summed E-state index contributed by atoms with van der Waals surface area (Å²) in [6.45, 7) is 0.695. The number of anilines is 1. The standard InChI is InChI=1S/C17H14F3N3O2S/c18-17(19,20)25-14-4-2-1-3-12(14)9-15(24)23-16-22-13(10-26-16)11-5-7-21-8-6-11/h1-7,10,21H,8-9H2,(H,22,23,24). The minimum atomic E-state index is -4.81. The Hall–Kier alpha value is -2.81. The third-order valence-electron chi connectivity index (χ3n) is 3.42. The zero-order valence-corrected chi connectivity index (χ0v) is 14.2. The van der Waals surface area contributed by atoms with Crippen molar-refractivity contribution in [3.63, 3.8) is 0 Å². The van der Waals surface area contributed by atoms with Crippen molar-refractivity contribution in [3.8, 4) is 5.75 Å².